The fourth-order valence-corrected chi connectivity index (χ4v) is 3.31. The normalized spacial score (nSPS) is 11.6. The zero-order valence-electron chi connectivity index (χ0n) is 17.3. The molecule has 0 bridgehead atoms. The summed E-state index contributed by atoms with van der Waals surface area (Å²) in [7, 11) is 0. The maximum atomic E-state index is 12.9. The third-order valence-corrected chi connectivity index (χ3v) is 4.99. The number of aromatic nitrogens is 7. The summed E-state index contributed by atoms with van der Waals surface area (Å²) in [5, 5.41) is 8.86. The van der Waals surface area contributed by atoms with Crippen molar-refractivity contribution in [1.82, 2.24) is 34.1 Å². The minimum atomic E-state index is -4.46. The largest absolute Gasteiger partial charge is 0.390 e. The van der Waals surface area contributed by atoms with E-state index in [2.05, 4.69) is 20.2 Å². The van der Waals surface area contributed by atoms with E-state index in [-0.39, 0.29) is 29.6 Å². The lowest BCUT2D eigenvalue weighted by Crippen LogP contribution is -2.27. The third-order valence-electron chi connectivity index (χ3n) is 4.74. The number of hydrogen-bond acceptors (Lipinski definition) is 6. The maximum Gasteiger partial charge on any atom is 0.390 e. The number of alkyl halides is 3. The van der Waals surface area contributed by atoms with Gasteiger partial charge in [0.15, 0.2) is 17.3 Å². The lowest BCUT2D eigenvalue weighted by atomic mass is 10.2. The fourth-order valence-electron chi connectivity index (χ4n) is 3.19. The number of amides is 1. The molecule has 4 rings (SSSR count). The van der Waals surface area contributed by atoms with Crippen molar-refractivity contribution in [3.8, 4) is 17.1 Å². The zero-order chi connectivity index (χ0) is 24.5. The Morgan fingerprint density at radius 3 is 2.50 bits per heavy atom. The molecule has 0 spiro atoms. The predicted octanol–water partition coefficient (Wildman–Crippen LogP) is 2.44. The predicted molar refractivity (Wildman–Crippen MR) is 114 cm³/mol. The smallest absolute Gasteiger partial charge is 0.364 e. The number of pyridine rings is 1. The highest BCUT2D eigenvalue weighted by Gasteiger charge is 2.28. The highest BCUT2D eigenvalue weighted by molar-refractivity contribution is 6.30. The van der Waals surface area contributed by atoms with Crippen molar-refractivity contribution in [3.05, 3.63) is 75.9 Å². The summed E-state index contributed by atoms with van der Waals surface area (Å²) in [6.45, 7) is -0.836. The van der Waals surface area contributed by atoms with Gasteiger partial charge in [-0.15, -0.1) is 10.2 Å². The second kappa shape index (κ2) is 9.09. The van der Waals surface area contributed by atoms with E-state index in [1.807, 2.05) is 0 Å². The van der Waals surface area contributed by atoms with E-state index in [0.717, 1.165) is 9.25 Å². The van der Waals surface area contributed by atoms with Gasteiger partial charge in [0.25, 0.3) is 5.91 Å². The Hall–Kier alpha value is -4.00. The monoisotopic (exact) mass is 492 g/mol. The van der Waals surface area contributed by atoms with Crippen molar-refractivity contribution in [2.75, 3.05) is 0 Å². The fraction of sp³-hybridized carbons (Fsp3) is 0.200. The van der Waals surface area contributed by atoms with E-state index in [1.54, 1.807) is 36.4 Å². The van der Waals surface area contributed by atoms with Gasteiger partial charge >= 0.3 is 11.9 Å². The van der Waals surface area contributed by atoms with Crippen molar-refractivity contribution in [3.63, 3.8) is 0 Å². The molecule has 0 aliphatic carbocycles. The molecular weight excluding hydrogens is 477 g/mol. The molecule has 3 aromatic heterocycles. The van der Waals surface area contributed by atoms with Crippen LogP contribution in [-0.2, 0) is 13.1 Å². The first-order chi connectivity index (χ1) is 16.1. The van der Waals surface area contributed by atoms with E-state index >= 15 is 0 Å². The van der Waals surface area contributed by atoms with Gasteiger partial charge in [-0.3, -0.25) is 9.36 Å². The van der Waals surface area contributed by atoms with Crippen LogP contribution >= 0.6 is 11.6 Å². The first kappa shape index (κ1) is 23.2. The van der Waals surface area contributed by atoms with Crippen LogP contribution in [0.25, 0.3) is 17.1 Å². The number of rotatable bonds is 7. The van der Waals surface area contributed by atoms with Gasteiger partial charge in [-0.05, 0) is 36.4 Å². The standard InChI is InChI=1S/C20H16ClF3N8O2/c21-13-5-3-12(4-6-13)18-29-31(19(34)30(18)9-7-20(22,23)24)10-15-27-11-32(28-15)14-2-1-8-26-16(14)17(25)33/h1-6,8,11H,7,9-10H2,(H2,25,33). The number of benzene rings is 1. The summed E-state index contributed by atoms with van der Waals surface area (Å²) in [6, 6.07) is 9.33. The van der Waals surface area contributed by atoms with E-state index in [9.17, 15) is 22.8 Å². The summed E-state index contributed by atoms with van der Waals surface area (Å²) in [4.78, 5) is 32.6. The second-order valence-electron chi connectivity index (χ2n) is 7.13. The number of hydrogen-bond donors (Lipinski definition) is 1. The molecule has 34 heavy (non-hydrogen) atoms. The molecule has 0 radical (unpaired) electrons. The number of primary amides is 1. The van der Waals surface area contributed by atoms with Crippen molar-refractivity contribution < 1.29 is 18.0 Å². The minimum absolute atomic E-state index is 0.0300. The Kier molecular flexibility index (Phi) is 6.20. The van der Waals surface area contributed by atoms with E-state index in [0.29, 0.717) is 10.6 Å². The van der Waals surface area contributed by atoms with Crippen LogP contribution < -0.4 is 11.4 Å². The molecule has 0 aliphatic heterocycles. The number of carbonyl (C=O) groups excluding carboxylic acids is 1. The number of nitrogens with zero attached hydrogens (tertiary/aromatic N) is 7. The SMILES string of the molecule is NC(=O)c1ncccc1-n1cnc(Cn2nc(-c3ccc(Cl)cc3)n(CCC(F)(F)F)c2=O)n1. The molecule has 1 amide bonds. The number of nitrogens with two attached hydrogens (primary N) is 1. The molecule has 0 fully saturated rings. The average molecular weight is 493 g/mol. The molecule has 4 aromatic rings. The molecule has 3 heterocycles. The van der Waals surface area contributed by atoms with Crippen molar-refractivity contribution in [2.24, 2.45) is 5.73 Å². The summed E-state index contributed by atoms with van der Waals surface area (Å²) in [5.41, 5.74) is 5.24. The molecule has 176 valence electrons. The molecule has 14 heteroatoms. The number of halogens is 4. The Balaban J connectivity index is 1.69. The number of carbonyl (C=O) groups is 1. The van der Waals surface area contributed by atoms with Crippen LogP contribution in [0.2, 0.25) is 5.02 Å². The quantitative estimate of drug-likeness (QED) is 0.422. The third kappa shape index (κ3) is 4.98. The molecule has 0 unspecified atom stereocenters. The minimum Gasteiger partial charge on any atom is -0.364 e. The highest BCUT2D eigenvalue weighted by atomic mass is 35.5. The van der Waals surface area contributed by atoms with Crippen molar-refractivity contribution >= 4 is 17.5 Å². The molecule has 0 aliphatic rings. The van der Waals surface area contributed by atoms with Crippen LogP contribution in [0.1, 0.15) is 22.7 Å². The van der Waals surface area contributed by atoms with Gasteiger partial charge in [-0.1, -0.05) is 11.6 Å². The van der Waals surface area contributed by atoms with Crippen LogP contribution in [0, 0.1) is 0 Å². The van der Waals surface area contributed by atoms with Gasteiger partial charge in [0.1, 0.15) is 12.9 Å². The van der Waals surface area contributed by atoms with Crippen molar-refractivity contribution in [2.45, 2.75) is 25.7 Å². The van der Waals surface area contributed by atoms with E-state index in [4.69, 9.17) is 17.3 Å². The molecule has 2 N–H and O–H groups in total. The van der Waals surface area contributed by atoms with Crippen LogP contribution in [0.5, 0.6) is 0 Å². The highest BCUT2D eigenvalue weighted by Crippen LogP contribution is 2.23. The van der Waals surface area contributed by atoms with Crippen LogP contribution in [0.4, 0.5) is 13.2 Å². The van der Waals surface area contributed by atoms with Gasteiger partial charge in [-0.25, -0.2) is 24.1 Å². The Bertz CT molecular complexity index is 1390. The summed E-state index contributed by atoms with van der Waals surface area (Å²) < 4.78 is 41.7. The van der Waals surface area contributed by atoms with Gasteiger partial charge in [0.05, 0.1) is 12.1 Å². The van der Waals surface area contributed by atoms with Gasteiger partial charge in [0, 0.05) is 23.3 Å². The van der Waals surface area contributed by atoms with Crippen molar-refractivity contribution in [1.29, 1.82) is 0 Å². The Morgan fingerprint density at radius 2 is 1.82 bits per heavy atom. The molecule has 0 atom stereocenters. The lowest BCUT2D eigenvalue weighted by molar-refractivity contribution is -0.136. The van der Waals surface area contributed by atoms with Gasteiger partial charge in [0.2, 0.25) is 0 Å². The maximum absolute atomic E-state index is 12.9. The first-order valence-electron chi connectivity index (χ1n) is 9.78. The van der Waals surface area contributed by atoms with E-state index < -0.39 is 30.7 Å². The van der Waals surface area contributed by atoms with E-state index in [1.165, 1.54) is 17.2 Å². The van der Waals surface area contributed by atoms with Gasteiger partial charge < -0.3 is 5.73 Å². The zero-order valence-corrected chi connectivity index (χ0v) is 18.0. The molecule has 0 saturated carbocycles. The molecule has 10 nitrogen and oxygen atoms in total. The molecule has 0 saturated heterocycles. The Morgan fingerprint density at radius 1 is 1.09 bits per heavy atom. The summed E-state index contributed by atoms with van der Waals surface area (Å²) in [6.07, 6.45) is -2.97. The molecule has 1 aromatic carbocycles. The second-order valence-corrected chi connectivity index (χ2v) is 7.56. The summed E-state index contributed by atoms with van der Waals surface area (Å²) >= 11 is 5.89. The van der Waals surface area contributed by atoms with Crippen LogP contribution in [-0.4, -0.2) is 46.2 Å². The average Bonchev–Trinajstić information content (AvgIpc) is 3.37. The van der Waals surface area contributed by atoms with Crippen LogP contribution in [0.15, 0.2) is 53.7 Å². The first-order valence-corrected chi connectivity index (χ1v) is 10.2. The Labute approximate surface area is 194 Å². The lowest BCUT2D eigenvalue weighted by Gasteiger charge is -2.08. The summed E-state index contributed by atoms with van der Waals surface area (Å²) in [5.74, 6) is -0.585. The molecular formula is C20H16ClF3N8O2. The van der Waals surface area contributed by atoms with Crippen LogP contribution in [0.3, 0.4) is 0 Å². The topological polar surface area (TPSA) is 127 Å². The van der Waals surface area contributed by atoms with Gasteiger partial charge in [-0.2, -0.15) is 13.2 Å².